The molecule has 3 N–H and O–H groups in total. The third-order valence-electron chi connectivity index (χ3n) is 3.96. The molecule has 0 aromatic rings. The molecule has 3 atom stereocenters. The summed E-state index contributed by atoms with van der Waals surface area (Å²) in [5.74, 6) is -1.06. The first-order valence-electron chi connectivity index (χ1n) is 6.51. The summed E-state index contributed by atoms with van der Waals surface area (Å²) in [6.45, 7) is 1.94. The highest BCUT2D eigenvalue weighted by Gasteiger charge is 2.47. The topological polar surface area (TPSA) is 98.7 Å². The van der Waals surface area contributed by atoms with E-state index in [0.717, 1.165) is 19.3 Å². The molecule has 0 aromatic carbocycles. The highest BCUT2D eigenvalue weighted by Crippen LogP contribution is 2.41. The van der Waals surface area contributed by atoms with Gasteiger partial charge in [-0.1, -0.05) is 6.42 Å². The van der Waals surface area contributed by atoms with Crippen LogP contribution in [0.2, 0.25) is 0 Å². The molecule has 1 saturated heterocycles. The number of carbonyl (C=O) groups excluding carboxylic acids is 2. The van der Waals surface area contributed by atoms with Crippen LogP contribution >= 0.6 is 0 Å². The van der Waals surface area contributed by atoms with Gasteiger partial charge in [0.15, 0.2) is 0 Å². The van der Waals surface area contributed by atoms with Crippen molar-refractivity contribution >= 4 is 17.8 Å². The van der Waals surface area contributed by atoms with Crippen LogP contribution in [0.5, 0.6) is 0 Å². The summed E-state index contributed by atoms with van der Waals surface area (Å²) in [6.07, 6.45) is 3.04. The first-order chi connectivity index (χ1) is 8.99. The molecule has 2 aliphatic rings. The SMILES string of the molecule is CC(=O)NNC(=O)CN1CC2CCCC2C1C(=O)O. The van der Waals surface area contributed by atoms with Gasteiger partial charge >= 0.3 is 5.97 Å². The Morgan fingerprint density at radius 3 is 2.63 bits per heavy atom. The third kappa shape index (κ3) is 3.04. The molecule has 19 heavy (non-hydrogen) atoms. The van der Waals surface area contributed by atoms with Gasteiger partial charge in [-0.15, -0.1) is 0 Å². The van der Waals surface area contributed by atoms with Crippen LogP contribution < -0.4 is 10.9 Å². The molecule has 2 amide bonds. The smallest absolute Gasteiger partial charge is 0.321 e. The summed E-state index contributed by atoms with van der Waals surface area (Å²) in [5, 5.41) is 9.32. The molecule has 1 saturated carbocycles. The number of nitrogens with one attached hydrogen (secondary N) is 2. The number of carboxylic acid groups (broad SMARTS) is 1. The molecule has 3 unspecified atom stereocenters. The van der Waals surface area contributed by atoms with Crippen LogP contribution in [0.25, 0.3) is 0 Å². The summed E-state index contributed by atoms with van der Waals surface area (Å²) in [6, 6.07) is -0.574. The summed E-state index contributed by atoms with van der Waals surface area (Å²) < 4.78 is 0. The molecule has 0 radical (unpaired) electrons. The molecule has 1 aliphatic carbocycles. The Morgan fingerprint density at radius 2 is 2.00 bits per heavy atom. The summed E-state index contributed by atoms with van der Waals surface area (Å²) in [7, 11) is 0. The predicted molar refractivity (Wildman–Crippen MR) is 65.8 cm³/mol. The van der Waals surface area contributed by atoms with E-state index >= 15 is 0 Å². The van der Waals surface area contributed by atoms with E-state index < -0.39 is 12.0 Å². The number of carboxylic acids is 1. The van der Waals surface area contributed by atoms with Crippen LogP contribution in [0, 0.1) is 11.8 Å². The van der Waals surface area contributed by atoms with Crippen molar-refractivity contribution in [1.82, 2.24) is 15.8 Å². The van der Waals surface area contributed by atoms with Crippen LogP contribution in [0.3, 0.4) is 0 Å². The molecule has 0 bridgehead atoms. The van der Waals surface area contributed by atoms with Gasteiger partial charge in [0.05, 0.1) is 6.54 Å². The Bertz CT molecular complexity index is 398. The highest BCUT2D eigenvalue weighted by molar-refractivity contribution is 5.83. The molecular formula is C12H19N3O4. The van der Waals surface area contributed by atoms with Gasteiger partial charge in [-0.2, -0.15) is 0 Å². The van der Waals surface area contributed by atoms with E-state index in [0.29, 0.717) is 12.5 Å². The molecule has 2 fully saturated rings. The number of amides is 2. The predicted octanol–water partition coefficient (Wildman–Crippen LogP) is -0.661. The summed E-state index contributed by atoms with van der Waals surface area (Å²) in [5.41, 5.74) is 4.46. The van der Waals surface area contributed by atoms with Gasteiger partial charge in [0.25, 0.3) is 5.91 Å². The van der Waals surface area contributed by atoms with Crippen molar-refractivity contribution in [2.24, 2.45) is 11.8 Å². The minimum Gasteiger partial charge on any atom is -0.480 e. The second-order valence-corrected chi connectivity index (χ2v) is 5.30. The van der Waals surface area contributed by atoms with Gasteiger partial charge in [0.1, 0.15) is 6.04 Å². The molecule has 7 nitrogen and oxygen atoms in total. The van der Waals surface area contributed by atoms with Crippen LogP contribution in [-0.4, -0.2) is 46.9 Å². The van der Waals surface area contributed by atoms with Crippen molar-refractivity contribution in [3.05, 3.63) is 0 Å². The van der Waals surface area contributed by atoms with Crippen molar-refractivity contribution in [2.45, 2.75) is 32.2 Å². The lowest BCUT2D eigenvalue weighted by molar-refractivity contribution is -0.144. The van der Waals surface area contributed by atoms with Crippen LogP contribution in [0.15, 0.2) is 0 Å². The standard InChI is InChI=1S/C12H19N3O4/c1-7(16)13-14-10(17)6-15-5-8-3-2-4-9(8)11(15)12(18)19/h8-9,11H,2-6H2,1H3,(H,13,16)(H,14,17)(H,18,19). The maximum atomic E-state index is 11.6. The fourth-order valence-corrected chi connectivity index (χ4v) is 3.28. The first-order valence-corrected chi connectivity index (χ1v) is 6.51. The van der Waals surface area contributed by atoms with Gasteiger partial charge in [0.2, 0.25) is 5.91 Å². The van der Waals surface area contributed by atoms with E-state index in [4.69, 9.17) is 0 Å². The number of fused-ring (bicyclic) bond motifs is 1. The molecule has 1 heterocycles. The van der Waals surface area contributed by atoms with Gasteiger partial charge in [-0.25, -0.2) is 0 Å². The van der Waals surface area contributed by atoms with Crippen molar-refractivity contribution in [3.63, 3.8) is 0 Å². The summed E-state index contributed by atoms with van der Waals surface area (Å²) in [4.78, 5) is 35.4. The van der Waals surface area contributed by atoms with E-state index in [-0.39, 0.29) is 24.3 Å². The maximum Gasteiger partial charge on any atom is 0.321 e. The normalized spacial score (nSPS) is 29.8. The van der Waals surface area contributed by atoms with E-state index in [1.54, 1.807) is 4.90 Å². The number of likely N-dealkylation sites (tertiary alicyclic amines) is 1. The zero-order valence-electron chi connectivity index (χ0n) is 10.9. The Labute approximate surface area is 111 Å². The lowest BCUT2D eigenvalue weighted by Gasteiger charge is -2.23. The second-order valence-electron chi connectivity index (χ2n) is 5.30. The zero-order chi connectivity index (χ0) is 14.0. The first kappa shape index (κ1) is 13.8. The molecule has 2 rings (SSSR count). The van der Waals surface area contributed by atoms with Crippen molar-refractivity contribution in [2.75, 3.05) is 13.1 Å². The van der Waals surface area contributed by atoms with E-state index in [1.807, 2.05) is 0 Å². The monoisotopic (exact) mass is 269 g/mol. The Kier molecular flexibility index (Phi) is 4.04. The molecule has 0 aromatic heterocycles. The van der Waals surface area contributed by atoms with E-state index in [2.05, 4.69) is 10.9 Å². The molecule has 0 spiro atoms. The van der Waals surface area contributed by atoms with Gasteiger partial charge in [0, 0.05) is 13.5 Å². The Balaban J connectivity index is 1.94. The van der Waals surface area contributed by atoms with Gasteiger partial charge < -0.3 is 5.11 Å². The van der Waals surface area contributed by atoms with E-state index in [1.165, 1.54) is 6.92 Å². The van der Waals surface area contributed by atoms with Crippen molar-refractivity contribution in [3.8, 4) is 0 Å². The lowest BCUT2D eigenvalue weighted by Crippen LogP contribution is -2.49. The molecule has 106 valence electrons. The third-order valence-corrected chi connectivity index (χ3v) is 3.96. The van der Waals surface area contributed by atoms with Crippen LogP contribution in [0.1, 0.15) is 26.2 Å². The van der Waals surface area contributed by atoms with Crippen molar-refractivity contribution in [1.29, 1.82) is 0 Å². The lowest BCUT2D eigenvalue weighted by atomic mass is 9.94. The summed E-state index contributed by atoms with van der Waals surface area (Å²) >= 11 is 0. The van der Waals surface area contributed by atoms with Crippen LogP contribution in [-0.2, 0) is 14.4 Å². The quantitative estimate of drug-likeness (QED) is 0.591. The Hall–Kier alpha value is -1.63. The number of nitrogens with zero attached hydrogens (tertiary/aromatic N) is 1. The largest absolute Gasteiger partial charge is 0.480 e. The van der Waals surface area contributed by atoms with Gasteiger partial charge in [-0.3, -0.25) is 30.1 Å². The number of hydrogen-bond acceptors (Lipinski definition) is 4. The van der Waals surface area contributed by atoms with Crippen LogP contribution in [0.4, 0.5) is 0 Å². The number of hydrogen-bond donors (Lipinski definition) is 3. The number of aliphatic carboxylic acids is 1. The number of carbonyl (C=O) groups is 3. The zero-order valence-corrected chi connectivity index (χ0v) is 10.9. The fourth-order valence-electron chi connectivity index (χ4n) is 3.28. The fraction of sp³-hybridized carbons (Fsp3) is 0.750. The minimum atomic E-state index is -0.860. The molecule has 7 heteroatoms. The molecular weight excluding hydrogens is 250 g/mol. The van der Waals surface area contributed by atoms with Crippen molar-refractivity contribution < 1.29 is 19.5 Å². The average Bonchev–Trinajstić information content (AvgIpc) is 2.85. The number of hydrazine groups is 1. The second kappa shape index (κ2) is 5.56. The Morgan fingerprint density at radius 1 is 1.26 bits per heavy atom. The molecule has 1 aliphatic heterocycles. The maximum absolute atomic E-state index is 11.6. The average molecular weight is 269 g/mol. The van der Waals surface area contributed by atoms with E-state index in [9.17, 15) is 19.5 Å². The minimum absolute atomic E-state index is 0.00421. The number of rotatable bonds is 3. The highest BCUT2D eigenvalue weighted by atomic mass is 16.4. The van der Waals surface area contributed by atoms with Gasteiger partial charge in [-0.05, 0) is 24.7 Å².